The van der Waals surface area contributed by atoms with Gasteiger partial charge < -0.3 is 9.40 Å². The van der Waals surface area contributed by atoms with Crippen LogP contribution in [0.2, 0.25) is 0 Å². The van der Waals surface area contributed by atoms with Gasteiger partial charge in [-0.15, -0.1) is 11.3 Å². The van der Waals surface area contributed by atoms with Crippen molar-refractivity contribution in [1.82, 2.24) is 19.9 Å². The summed E-state index contributed by atoms with van der Waals surface area (Å²) in [6.07, 6.45) is 11.3. The predicted molar refractivity (Wildman–Crippen MR) is 57.2 cm³/mol. The molecule has 78 valence electrons. The van der Waals surface area contributed by atoms with Gasteiger partial charge in [0, 0.05) is 24.0 Å². The fraction of sp³-hybridized carbons (Fsp3) is 0. The molecule has 6 heteroatoms. The molecule has 5 nitrogen and oxygen atoms in total. The van der Waals surface area contributed by atoms with Crippen LogP contribution in [0.25, 0.3) is 0 Å². The summed E-state index contributed by atoms with van der Waals surface area (Å²) in [4.78, 5) is 13.7. The lowest BCUT2D eigenvalue weighted by Crippen LogP contribution is -1.44. The molecule has 3 heterocycles. The third-order valence-corrected chi connectivity index (χ3v) is 1.62. The van der Waals surface area contributed by atoms with Crippen LogP contribution in [-0.2, 0) is 0 Å². The van der Waals surface area contributed by atoms with Gasteiger partial charge in [-0.05, 0) is 0 Å². The standard InChI is InChI=1S/C3H4N2.C3H3NO.C3H3NS/c3*1-2-5-3-4-1/h1-3H,(H,4,5);2*1-3H. The molecule has 0 unspecified atom stereocenters. The zero-order valence-electron chi connectivity index (χ0n) is 7.85. The van der Waals surface area contributed by atoms with Crippen molar-refractivity contribution in [2.45, 2.75) is 0 Å². The molecule has 0 bridgehead atoms. The Morgan fingerprint density at radius 3 is 2.27 bits per heavy atom. The van der Waals surface area contributed by atoms with Crippen molar-refractivity contribution in [3.63, 3.8) is 0 Å². The van der Waals surface area contributed by atoms with E-state index in [9.17, 15) is 0 Å². The number of imidazole rings is 1. The number of aromatic amines is 1. The van der Waals surface area contributed by atoms with E-state index < -0.39 is 0 Å². The Labute approximate surface area is 90.9 Å². The van der Waals surface area contributed by atoms with Gasteiger partial charge in [0.15, 0.2) is 6.39 Å². The minimum atomic E-state index is 1.38. The molecule has 0 atom stereocenters. The molecule has 0 amide bonds. The van der Waals surface area contributed by atoms with Gasteiger partial charge in [0.2, 0.25) is 0 Å². The highest BCUT2D eigenvalue weighted by molar-refractivity contribution is 7.07. The molecule has 0 aliphatic carbocycles. The number of nitrogens with one attached hydrogen (secondary N) is 1. The van der Waals surface area contributed by atoms with Crippen molar-refractivity contribution < 1.29 is 4.42 Å². The minimum absolute atomic E-state index is 1.38. The van der Waals surface area contributed by atoms with Crippen molar-refractivity contribution in [2.75, 3.05) is 0 Å². The fourth-order valence-electron chi connectivity index (χ4n) is 0.567. The number of aromatic nitrogens is 4. The molecule has 0 fully saturated rings. The van der Waals surface area contributed by atoms with Crippen LogP contribution in [0.4, 0.5) is 0 Å². The molecular formula is C9H10N4OS. The number of nitrogens with zero attached hydrogens (tertiary/aromatic N) is 3. The van der Waals surface area contributed by atoms with Gasteiger partial charge in [-0.3, -0.25) is 4.98 Å². The molecule has 3 rings (SSSR count). The Bertz CT molecular complexity index is 254. The Kier molecular flexibility index (Phi) is 6.41. The van der Waals surface area contributed by atoms with Crippen molar-refractivity contribution in [3.8, 4) is 0 Å². The summed E-state index contributed by atoms with van der Waals surface area (Å²) in [5.74, 6) is 0. The van der Waals surface area contributed by atoms with Crippen LogP contribution in [-0.4, -0.2) is 19.9 Å². The van der Waals surface area contributed by atoms with Gasteiger partial charge in [-0.1, -0.05) is 0 Å². The van der Waals surface area contributed by atoms with E-state index in [-0.39, 0.29) is 0 Å². The zero-order chi connectivity index (χ0) is 10.6. The first-order chi connectivity index (χ1) is 7.50. The topological polar surface area (TPSA) is 67.6 Å². The van der Waals surface area contributed by atoms with Crippen LogP contribution in [0.1, 0.15) is 0 Å². The summed E-state index contributed by atoms with van der Waals surface area (Å²) in [5, 5.41) is 1.93. The van der Waals surface area contributed by atoms with E-state index in [4.69, 9.17) is 0 Å². The first kappa shape index (κ1) is 11.1. The van der Waals surface area contributed by atoms with Crippen molar-refractivity contribution in [1.29, 1.82) is 0 Å². The third kappa shape index (κ3) is 7.15. The summed E-state index contributed by atoms with van der Waals surface area (Å²) >= 11 is 1.60. The summed E-state index contributed by atoms with van der Waals surface area (Å²) in [6.45, 7) is 0. The minimum Gasteiger partial charge on any atom is -0.452 e. The quantitative estimate of drug-likeness (QED) is 0.633. The van der Waals surface area contributed by atoms with E-state index in [0.717, 1.165) is 0 Å². The molecule has 3 aromatic rings. The first-order valence-corrected chi connectivity index (χ1v) is 5.01. The maximum atomic E-state index is 4.47. The Balaban J connectivity index is 0.000000112. The molecule has 0 saturated carbocycles. The second kappa shape index (κ2) is 8.64. The van der Waals surface area contributed by atoms with Gasteiger partial charge in [0.1, 0.15) is 6.26 Å². The number of H-pyrrole nitrogens is 1. The molecule has 0 aliphatic rings. The van der Waals surface area contributed by atoms with Gasteiger partial charge in [-0.25, -0.2) is 9.97 Å². The summed E-state index contributed by atoms with van der Waals surface area (Å²) in [7, 11) is 0. The molecule has 0 radical (unpaired) electrons. The van der Waals surface area contributed by atoms with Gasteiger partial charge >= 0.3 is 0 Å². The molecule has 0 aromatic carbocycles. The Morgan fingerprint density at radius 2 is 2.07 bits per heavy atom. The Hall–Kier alpha value is -1.95. The highest BCUT2D eigenvalue weighted by atomic mass is 32.1. The van der Waals surface area contributed by atoms with E-state index in [2.05, 4.69) is 24.4 Å². The number of oxazole rings is 1. The molecule has 1 N–H and O–H groups in total. The van der Waals surface area contributed by atoms with Gasteiger partial charge in [0.25, 0.3) is 0 Å². The SMILES string of the molecule is c1c[nH]cn1.c1cocn1.c1cscn1. The van der Waals surface area contributed by atoms with Crippen molar-refractivity contribution in [3.05, 3.63) is 54.7 Å². The van der Waals surface area contributed by atoms with Crippen molar-refractivity contribution >= 4 is 11.3 Å². The van der Waals surface area contributed by atoms with E-state index in [0.29, 0.717) is 0 Å². The highest BCUT2D eigenvalue weighted by Gasteiger charge is 1.60. The number of rotatable bonds is 0. The van der Waals surface area contributed by atoms with E-state index in [1.807, 2.05) is 5.38 Å². The van der Waals surface area contributed by atoms with E-state index in [1.165, 1.54) is 12.7 Å². The number of hydrogen-bond acceptors (Lipinski definition) is 5. The predicted octanol–water partition coefficient (Wildman–Crippen LogP) is 2.23. The fourth-order valence-corrected chi connectivity index (χ4v) is 0.918. The first-order valence-electron chi connectivity index (χ1n) is 4.07. The zero-order valence-corrected chi connectivity index (χ0v) is 8.67. The molecule has 0 spiro atoms. The summed E-state index contributed by atoms with van der Waals surface area (Å²) in [6, 6.07) is 0. The van der Waals surface area contributed by atoms with E-state index >= 15 is 0 Å². The number of hydrogen-bond donors (Lipinski definition) is 1. The second-order valence-electron chi connectivity index (χ2n) is 2.11. The largest absolute Gasteiger partial charge is 0.452 e. The second-order valence-corrected chi connectivity index (χ2v) is 2.87. The summed E-state index contributed by atoms with van der Waals surface area (Å²) in [5.41, 5.74) is 1.79. The van der Waals surface area contributed by atoms with Crippen molar-refractivity contribution in [2.24, 2.45) is 0 Å². The maximum absolute atomic E-state index is 4.47. The van der Waals surface area contributed by atoms with Crippen LogP contribution in [0.15, 0.2) is 59.1 Å². The molecule has 15 heavy (non-hydrogen) atoms. The highest BCUT2D eigenvalue weighted by Crippen LogP contribution is 1.85. The smallest absolute Gasteiger partial charge is 0.180 e. The summed E-state index contributed by atoms with van der Waals surface area (Å²) < 4.78 is 4.47. The van der Waals surface area contributed by atoms with Crippen LogP contribution in [0, 0.1) is 0 Å². The van der Waals surface area contributed by atoms with Crippen LogP contribution >= 0.6 is 11.3 Å². The van der Waals surface area contributed by atoms with Gasteiger partial charge in [-0.2, -0.15) is 0 Å². The average Bonchev–Trinajstić information content (AvgIpc) is 3.09. The van der Waals surface area contributed by atoms with Crippen LogP contribution in [0.3, 0.4) is 0 Å². The van der Waals surface area contributed by atoms with Gasteiger partial charge in [0.05, 0.1) is 18.0 Å². The monoisotopic (exact) mass is 222 g/mol. The lowest BCUT2D eigenvalue weighted by atomic mass is 11.0. The molecular weight excluding hydrogens is 212 g/mol. The van der Waals surface area contributed by atoms with Crippen LogP contribution < -0.4 is 0 Å². The maximum Gasteiger partial charge on any atom is 0.180 e. The van der Waals surface area contributed by atoms with E-state index in [1.54, 1.807) is 48.0 Å². The number of thiazole rings is 1. The Morgan fingerprint density at radius 1 is 1.07 bits per heavy atom. The normalized spacial score (nSPS) is 8.00. The molecule has 0 saturated heterocycles. The average molecular weight is 222 g/mol. The molecule has 3 aromatic heterocycles. The third-order valence-electron chi connectivity index (χ3n) is 1.10. The lowest BCUT2D eigenvalue weighted by molar-refractivity contribution is 0.558. The van der Waals surface area contributed by atoms with Crippen LogP contribution in [0.5, 0.6) is 0 Å². The molecule has 0 aliphatic heterocycles. The lowest BCUT2D eigenvalue weighted by Gasteiger charge is -1.47.